The van der Waals surface area contributed by atoms with Gasteiger partial charge in [-0.05, 0) is 37.8 Å². The molecule has 1 aromatic heterocycles. The van der Waals surface area contributed by atoms with Gasteiger partial charge in [-0.2, -0.15) is 0 Å². The number of nitrogens with one attached hydrogen (secondary N) is 1. The summed E-state index contributed by atoms with van der Waals surface area (Å²) >= 11 is 0. The molecule has 1 aromatic carbocycles. The van der Waals surface area contributed by atoms with Crippen molar-refractivity contribution in [1.29, 1.82) is 0 Å². The van der Waals surface area contributed by atoms with Crippen LogP contribution >= 0.6 is 0 Å². The molecule has 1 aliphatic heterocycles. The van der Waals surface area contributed by atoms with Crippen molar-refractivity contribution in [2.45, 2.75) is 39.2 Å². The average Bonchev–Trinajstić information content (AvgIpc) is 2.96. The second-order valence-corrected chi connectivity index (χ2v) is 6.91. The molecule has 6 heteroatoms. The Kier molecular flexibility index (Phi) is 5.08. The summed E-state index contributed by atoms with van der Waals surface area (Å²) in [6.07, 6.45) is 3.68. The lowest BCUT2D eigenvalue weighted by Crippen LogP contribution is -2.47. The molecule has 0 spiro atoms. The molecule has 2 heterocycles. The first-order valence-electron chi connectivity index (χ1n) is 8.70. The zero-order valence-corrected chi connectivity index (χ0v) is 14.8. The van der Waals surface area contributed by atoms with Crippen LogP contribution in [0.2, 0.25) is 0 Å². The van der Waals surface area contributed by atoms with Gasteiger partial charge in [0.05, 0.1) is 19.2 Å². The number of rotatable bonds is 5. The largest absolute Gasteiger partial charge is 0.464 e. The van der Waals surface area contributed by atoms with E-state index in [0.29, 0.717) is 13.0 Å². The molecule has 0 saturated carbocycles. The molecular weight excluding hydrogens is 318 g/mol. The highest BCUT2D eigenvalue weighted by molar-refractivity contribution is 5.89. The molecule has 134 valence electrons. The Hall–Kier alpha value is -2.34. The van der Waals surface area contributed by atoms with Crippen molar-refractivity contribution in [3.8, 4) is 0 Å². The fourth-order valence-corrected chi connectivity index (χ4v) is 3.43. The van der Waals surface area contributed by atoms with Crippen LogP contribution in [0.25, 0.3) is 11.0 Å². The predicted octanol–water partition coefficient (Wildman–Crippen LogP) is 1.66. The van der Waals surface area contributed by atoms with Crippen LogP contribution in [0.5, 0.6) is 0 Å². The minimum Gasteiger partial charge on any atom is -0.464 e. The third kappa shape index (κ3) is 4.02. The fourth-order valence-electron chi connectivity index (χ4n) is 3.43. The highest BCUT2D eigenvalue weighted by Crippen LogP contribution is 2.26. The lowest BCUT2D eigenvalue weighted by Gasteiger charge is -2.31. The number of nitrogens with two attached hydrogens (primary N) is 1. The van der Waals surface area contributed by atoms with E-state index in [1.807, 2.05) is 24.8 Å². The van der Waals surface area contributed by atoms with E-state index < -0.39 is 0 Å². The first-order valence-corrected chi connectivity index (χ1v) is 8.70. The highest BCUT2D eigenvalue weighted by atomic mass is 16.3. The van der Waals surface area contributed by atoms with Crippen LogP contribution in [0.1, 0.15) is 29.5 Å². The van der Waals surface area contributed by atoms with Crippen LogP contribution in [0.3, 0.4) is 0 Å². The molecule has 3 N–H and O–H groups in total. The van der Waals surface area contributed by atoms with Crippen LogP contribution in [-0.2, 0) is 16.0 Å². The third-order valence-corrected chi connectivity index (χ3v) is 5.02. The van der Waals surface area contributed by atoms with Gasteiger partial charge in [0.2, 0.25) is 11.8 Å². The van der Waals surface area contributed by atoms with Gasteiger partial charge in [0.25, 0.3) is 0 Å². The number of hydrogen-bond acceptors (Lipinski definition) is 4. The summed E-state index contributed by atoms with van der Waals surface area (Å²) in [5.74, 6) is -0.297. The lowest BCUT2D eigenvalue weighted by molar-refractivity contribution is -0.122. The highest BCUT2D eigenvalue weighted by Gasteiger charge is 2.22. The number of likely N-dealkylation sites (tertiary alicyclic amines) is 1. The topological polar surface area (TPSA) is 88.6 Å². The van der Waals surface area contributed by atoms with Crippen molar-refractivity contribution < 1.29 is 14.0 Å². The van der Waals surface area contributed by atoms with E-state index in [1.165, 1.54) is 5.56 Å². The number of furan rings is 1. The van der Waals surface area contributed by atoms with E-state index in [-0.39, 0.29) is 17.9 Å². The van der Waals surface area contributed by atoms with Gasteiger partial charge >= 0.3 is 0 Å². The van der Waals surface area contributed by atoms with Crippen LogP contribution in [0.15, 0.2) is 22.8 Å². The predicted molar refractivity (Wildman–Crippen MR) is 96.2 cm³/mol. The number of benzene rings is 1. The summed E-state index contributed by atoms with van der Waals surface area (Å²) in [7, 11) is 0. The van der Waals surface area contributed by atoms with Crippen molar-refractivity contribution in [1.82, 2.24) is 10.2 Å². The SMILES string of the molecule is Cc1ccc2c(CC(=O)NC3CCN(CC(N)=O)CC3)coc2c1C. The number of fused-ring (bicyclic) bond motifs is 1. The molecule has 0 unspecified atom stereocenters. The summed E-state index contributed by atoms with van der Waals surface area (Å²) in [6, 6.07) is 4.23. The number of nitrogens with zero attached hydrogens (tertiary/aromatic N) is 1. The van der Waals surface area contributed by atoms with Gasteiger partial charge in [-0.15, -0.1) is 0 Å². The molecule has 0 radical (unpaired) electrons. The van der Waals surface area contributed by atoms with Crippen molar-refractivity contribution in [3.05, 3.63) is 35.1 Å². The molecule has 25 heavy (non-hydrogen) atoms. The molecule has 0 bridgehead atoms. The maximum absolute atomic E-state index is 12.4. The molecule has 1 aliphatic rings. The van der Waals surface area contributed by atoms with Gasteiger partial charge in [0.1, 0.15) is 5.58 Å². The van der Waals surface area contributed by atoms with Gasteiger partial charge in [0.15, 0.2) is 0 Å². The van der Waals surface area contributed by atoms with Crippen LogP contribution < -0.4 is 11.1 Å². The minimum atomic E-state index is -0.306. The lowest BCUT2D eigenvalue weighted by atomic mass is 10.0. The Labute approximate surface area is 147 Å². The second-order valence-electron chi connectivity index (χ2n) is 6.91. The number of primary amides is 1. The molecule has 6 nitrogen and oxygen atoms in total. The van der Waals surface area contributed by atoms with Crippen LogP contribution in [0.4, 0.5) is 0 Å². The summed E-state index contributed by atoms with van der Waals surface area (Å²) in [5, 5.41) is 4.11. The van der Waals surface area contributed by atoms with Crippen molar-refractivity contribution in [3.63, 3.8) is 0 Å². The molecule has 1 fully saturated rings. The standard InChI is InChI=1S/C19H25N3O3/c1-12-3-4-16-14(11-25-19(16)13(12)2)9-18(24)21-15-5-7-22(8-6-15)10-17(20)23/h3-4,11,15H,5-10H2,1-2H3,(H2,20,23)(H,21,24). The van der Waals surface area contributed by atoms with Gasteiger partial charge in [-0.25, -0.2) is 0 Å². The number of aryl methyl sites for hydroxylation is 2. The number of piperidine rings is 1. The molecule has 1 saturated heterocycles. The number of hydrogen-bond donors (Lipinski definition) is 2. The van der Waals surface area contributed by atoms with E-state index in [2.05, 4.69) is 11.4 Å². The van der Waals surface area contributed by atoms with E-state index >= 15 is 0 Å². The van der Waals surface area contributed by atoms with Gasteiger partial charge in [-0.1, -0.05) is 12.1 Å². The quantitative estimate of drug-likeness (QED) is 0.864. The normalized spacial score (nSPS) is 16.2. The molecule has 2 aromatic rings. The van der Waals surface area contributed by atoms with Crippen LogP contribution in [0, 0.1) is 13.8 Å². The monoisotopic (exact) mass is 343 g/mol. The summed E-state index contributed by atoms with van der Waals surface area (Å²) in [6.45, 7) is 5.93. The maximum Gasteiger partial charge on any atom is 0.231 e. The molecule has 2 amide bonds. The first-order chi connectivity index (χ1) is 11.9. The third-order valence-electron chi connectivity index (χ3n) is 5.02. The van der Waals surface area contributed by atoms with Gasteiger partial charge in [0, 0.05) is 30.1 Å². The molecule has 0 aliphatic carbocycles. The molecular formula is C19H25N3O3. The Bertz CT molecular complexity index is 789. The zero-order valence-electron chi connectivity index (χ0n) is 14.8. The van der Waals surface area contributed by atoms with Crippen molar-refractivity contribution in [2.75, 3.05) is 19.6 Å². The van der Waals surface area contributed by atoms with Crippen molar-refractivity contribution in [2.24, 2.45) is 5.73 Å². The minimum absolute atomic E-state index is 0.00859. The van der Waals surface area contributed by atoms with Crippen molar-refractivity contribution >= 4 is 22.8 Å². The Morgan fingerprint density at radius 2 is 2.00 bits per heavy atom. The Balaban J connectivity index is 1.57. The van der Waals surface area contributed by atoms with E-state index in [0.717, 1.165) is 48.0 Å². The maximum atomic E-state index is 12.4. The summed E-state index contributed by atoms with van der Waals surface area (Å²) in [5.41, 5.74) is 9.30. The molecule has 0 atom stereocenters. The van der Waals surface area contributed by atoms with E-state index in [4.69, 9.17) is 10.2 Å². The Morgan fingerprint density at radius 1 is 1.28 bits per heavy atom. The second kappa shape index (κ2) is 7.27. The zero-order chi connectivity index (χ0) is 18.0. The first kappa shape index (κ1) is 17.5. The smallest absolute Gasteiger partial charge is 0.231 e. The summed E-state index contributed by atoms with van der Waals surface area (Å²) in [4.78, 5) is 25.4. The summed E-state index contributed by atoms with van der Waals surface area (Å²) < 4.78 is 5.67. The molecule has 3 rings (SSSR count). The number of carbonyl (C=O) groups excluding carboxylic acids is 2. The number of amides is 2. The Morgan fingerprint density at radius 3 is 2.68 bits per heavy atom. The number of carbonyl (C=O) groups is 2. The van der Waals surface area contributed by atoms with Gasteiger partial charge in [-0.3, -0.25) is 14.5 Å². The van der Waals surface area contributed by atoms with Gasteiger partial charge < -0.3 is 15.5 Å². The van der Waals surface area contributed by atoms with Crippen LogP contribution in [-0.4, -0.2) is 42.4 Å². The fraction of sp³-hybridized carbons (Fsp3) is 0.474. The average molecular weight is 343 g/mol. The van der Waals surface area contributed by atoms with E-state index in [1.54, 1.807) is 6.26 Å². The van der Waals surface area contributed by atoms with E-state index in [9.17, 15) is 9.59 Å².